The van der Waals surface area contributed by atoms with E-state index in [0.29, 0.717) is 5.92 Å². The molecule has 1 fully saturated rings. The predicted octanol–water partition coefficient (Wildman–Crippen LogP) is 2.39. The number of amides is 1. The minimum absolute atomic E-state index is 0.0215. The van der Waals surface area contributed by atoms with E-state index in [0.717, 1.165) is 25.0 Å². The fourth-order valence-electron chi connectivity index (χ4n) is 2.26. The smallest absolute Gasteiger partial charge is 0.275 e. The van der Waals surface area contributed by atoms with Gasteiger partial charge in [0.15, 0.2) is 0 Å². The van der Waals surface area contributed by atoms with Gasteiger partial charge in [-0.15, -0.1) is 0 Å². The van der Waals surface area contributed by atoms with E-state index >= 15 is 0 Å². The average Bonchev–Trinajstić information content (AvgIpc) is 2.39. The molecule has 1 amide bonds. The standard InChI is InChI=1S/C14H18N2O3/c1-9-3-2-4-10(7-9)15-16-14(19)12-8-11(17)5-6-13(12)18/h5-6,8-9,17-18H,2-4,7H2,1H3,(H,16,19)/b15-10-. The van der Waals surface area contributed by atoms with Crippen LogP contribution in [-0.2, 0) is 0 Å². The van der Waals surface area contributed by atoms with Crippen LogP contribution in [0.15, 0.2) is 23.3 Å². The Balaban J connectivity index is 2.05. The lowest BCUT2D eigenvalue weighted by Crippen LogP contribution is -2.22. The van der Waals surface area contributed by atoms with Crippen LogP contribution in [0, 0.1) is 5.92 Å². The maximum atomic E-state index is 11.9. The Labute approximate surface area is 112 Å². The first-order chi connectivity index (χ1) is 9.06. The molecule has 1 atom stereocenters. The van der Waals surface area contributed by atoms with Crippen LogP contribution < -0.4 is 5.43 Å². The first kappa shape index (κ1) is 13.4. The Morgan fingerprint density at radius 3 is 2.95 bits per heavy atom. The topological polar surface area (TPSA) is 81.9 Å². The van der Waals surface area contributed by atoms with Crippen molar-refractivity contribution in [2.75, 3.05) is 0 Å². The number of phenols is 2. The van der Waals surface area contributed by atoms with E-state index in [4.69, 9.17) is 0 Å². The quantitative estimate of drug-likeness (QED) is 0.565. The largest absolute Gasteiger partial charge is 0.508 e. The number of nitrogens with one attached hydrogen (secondary N) is 1. The van der Waals surface area contributed by atoms with Crippen molar-refractivity contribution in [3.8, 4) is 11.5 Å². The lowest BCUT2D eigenvalue weighted by Gasteiger charge is -2.18. The highest BCUT2D eigenvalue weighted by atomic mass is 16.3. The number of phenolic OH excluding ortho intramolecular Hbond substituents is 2. The third-order valence-corrected chi connectivity index (χ3v) is 3.29. The highest BCUT2D eigenvalue weighted by Crippen LogP contribution is 2.23. The molecule has 0 bridgehead atoms. The summed E-state index contributed by atoms with van der Waals surface area (Å²) in [5, 5.41) is 23.0. The van der Waals surface area contributed by atoms with Crippen molar-refractivity contribution >= 4 is 11.6 Å². The average molecular weight is 262 g/mol. The van der Waals surface area contributed by atoms with Gasteiger partial charge >= 0.3 is 0 Å². The zero-order chi connectivity index (χ0) is 13.8. The van der Waals surface area contributed by atoms with Crippen molar-refractivity contribution in [3.05, 3.63) is 23.8 Å². The highest BCUT2D eigenvalue weighted by molar-refractivity contribution is 5.98. The zero-order valence-electron chi connectivity index (χ0n) is 10.9. The molecule has 1 aliphatic rings. The summed E-state index contributed by atoms with van der Waals surface area (Å²) in [4.78, 5) is 11.9. The molecule has 3 N–H and O–H groups in total. The molecule has 5 nitrogen and oxygen atoms in total. The molecule has 0 saturated heterocycles. The van der Waals surface area contributed by atoms with Crippen molar-refractivity contribution in [1.29, 1.82) is 0 Å². The molecule has 1 saturated carbocycles. The number of hydrazone groups is 1. The van der Waals surface area contributed by atoms with E-state index in [-0.39, 0.29) is 17.1 Å². The second-order valence-electron chi connectivity index (χ2n) is 5.02. The first-order valence-electron chi connectivity index (χ1n) is 6.44. The van der Waals surface area contributed by atoms with E-state index in [1.807, 2.05) is 0 Å². The van der Waals surface area contributed by atoms with E-state index in [1.165, 1.54) is 24.6 Å². The van der Waals surface area contributed by atoms with Gasteiger partial charge in [-0.1, -0.05) is 6.92 Å². The molecular formula is C14H18N2O3. The second-order valence-corrected chi connectivity index (χ2v) is 5.02. The number of carbonyl (C=O) groups is 1. The van der Waals surface area contributed by atoms with Crippen molar-refractivity contribution in [2.45, 2.75) is 32.6 Å². The summed E-state index contributed by atoms with van der Waals surface area (Å²) in [5.74, 6) is -0.160. The number of benzene rings is 1. The molecule has 1 aromatic rings. The summed E-state index contributed by atoms with van der Waals surface area (Å²) in [7, 11) is 0. The van der Waals surface area contributed by atoms with Crippen LogP contribution in [-0.4, -0.2) is 21.8 Å². The SMILES string of the molecule is CC1CCC/C(=N/NC(=O)c2cc(O)ccc2O)C1. The number of hydrogen-bond acceptors (Lipinski definition) is 4. The molecule has 1 aromatic carbocycles. The van der Waals surface area contributed by atoms with Crippen LogP contribution in [0.1, 0.15) is 43.0 Å². The van der Waals surface area contributed by atoms with Crippen LogP contribution in [0.4, 0.5) is 0 Å². The Hall–Kier alpha value is -2.04. The van der Waals surface area contributed by atoms with Gasteiger partial charge in [0, 0.05) is 5.71 Å². The molecular weight excluding hydrogens is 244 g/mol. The molecule has 0 spiro atoms. The summed E-state index contributed by atoms with van der Waals surface area (Å²) in [6.45, 7) is 2.16. The third kappa shape index (κ3) is 3.47. The Morgan fingerprint density at radius 1 is 1.42 bits per heavy atom. The van der Waals surface area contributed by atoms with Gasteiger partial charge in [0.2, 0.25) is 0 Å². The van der Waals surface area contributed by atoms with Crippen LogP contribution in [0.2, 0.25) is 0 Å². The molecule has 102 valence electrons. The molecule has 0 radical (unpaired) electrons. The summed E-state index contributed by atoms with van der Waals surface area (Å²) in [6.07, 6.45) is 4.08. The summed E-state index contributed by atoms with van der Waals surface area (Å²) in [6, 6.07) is 3.81. The second kappa shape index (κ2) is 5.73. The zero-order valence-corrected chi connectivity index (χ0v) is 10.9. The number of nitrogens with zero attached hydrogens (tertiary/aromatic N) is 1. The highest BCUT2D eigenvalue weighted by Gasteiger charge is 2.15. The Morgan fingerprint density at radius 2 is 2.21 bits per heavy atom. The van der Waals surface area contributed by atoms with Gasteiger partial charge in [-0.25, -0.2) is 5.43 Å². The Kier molecular flexibility index (Phi) is 4.04. The molecule has 2 rings (SSSR count). The van der Waals surface area contributed by atoms with Crippen LogP contribution in [0.3, 0.4) is 0 Å². The monoisotopic (exact) mass is 262 g/mol. The summed E-state index contributed by atoms with van der Waals surface area (Å²) < 4.78 is 0. The summed E-state index contributed by atoms with van der Waals surface area (Å²) >= 11 is 0. The Bertz CT molecular complexity index is 511. The van der Waals surface area contributed by atoms with Crippen molar-refractivity contribution in [3.63, 3.8) is 0 Å². The van der Waals surface area contributed by atoms with Gasteiger partial charge in [-0.05, 0) is 49.8 Å². The molecule has 1 unspecified atom stereocenters. The number of aromatic hydroxyl groups is 2. The van der Waals surface area contributed by atoms with Gasteiger partial charge in [-0.2, -0.15) is 5.10 Å². The van der Waals surface area contributed by atoms with Crippen molar-refractivity contribution in [1.82, 2.24) is 5.43 Å². The lowest BCUT2D eigenvalue weighted by atomic mass is 9.89. The summed E-state index contributed by atoms with van der Waals surface area (Å²) in [5.41, 5.74) is 3.44. The van der Waals surface area contributed by atoms with Gasteiger partial charge in [-0.3, -0.25) is 4.79 Å². The number of hydrogen-bond donors (Lipinski definition) is 3. The molecule has 1 aliphatic carbocycles. The third-order valence-electron chi connectivity index (χ3n) is 3.29. The van der Waals surface area contributed by atoms with E-state index in [9.17, 15) is 15.0 Å². The van der Waals surface area contributed by atoms with Crippen molar-refractivity contribution < 1.29 is 15.0 Å². The van der Waals surface area contributed by atoms with Crippen LogP contribution >= 0.6 is 0 Å². The number of rotatable bonds is 2. The maximum absolute atomic E-state index is 11.9. The van der Waals surface area contributed by atoms with Crippen molar-refractivity contribution in [2.24, 2.45) is 11.0 Å². The van der Waals surface area contributed by atoms with Gasteiger partial charge < -0.3 is 10.2 Å². The normalized spacial score (nSPS) is 21.3. The van der Waals surface area contributed by atoms with E-state index in [1.54, 1.807) is 0 Å². The van der Waals surface area contributed by atoms with Gasteiger partial charge in [0.1, 0.15) is 11.5 Å². The lowest BCUT2D eigenvalue weighted by molar-refractivity contribution is 0.0951. The fraction of sp³-hybridized carbons (Fsp3) is 0.429. The first-order valence-corrected chi connectivity index (χ1v) is 6.44. The fourth-order valence-corrected chi connectivity index (χ4v) is 2.26. The van der Waals surface area contributed by atoms with E-state index in [2.05, 4.69) is 17.5 Å². The van der Waals surface area contributed by atoms with Crippen LogP contribution in [0.25, 0.3) is 0 Å². The van der Waals surface area contributed by atoms with Gasteiger partial charge in [0.05, 0.1) is 5.56 Å². The van der Waals surface area contributed by atoms with Crippen LogP contribution in [0.5, 0.6) is 11.5 Å². The molecule has 19 heavy (non-hydrogen) atoms. The molecule has 0 aromatic heterocycles. The maximum Gasteiger partial charge on any atom is 0.275 e. The minimum Gasteiger partial charge on any atom is -0.508 e. The van der Waals surface area contributed by atoms with E-state index < -0.39 is 5.91 Å². The van der Waals surface area contributed by atoms with Gasteiger partial charge in [0.25, 0.3) is 5.91 Å². The molecule has 0 heterocycles. The predicted molar refractivity (Wildman–Crippen MR) is 72.3 cm³/mol. The minimum atomic E-state index is -0.515. The molecule has 5 heteroatoms. The molecule has 0 aliphatic heterocycles. The number of carbonyl (C=O) groups excluding carboxylic acids is 1.